The van der Waals surface area contributed by atoms with Crippen LogP contribution in [0.25, 0.3) is 0 Å². The summed E-state index contributed by atoms with van der Waals surface area (Å²) < 4.78 is 5.69. The zero-order valence-corrected chi connectivity index (χ0v) is 16.1. The summed E-state index contributed by atoms with van der Waals surface area (Å²) in [7, 11) is 0. The van der Waals surface area contributed by atoms with Crippen molar-refractivity contribution >= 4 is 5.97 Å². The van der Waals surface area contributed by atoms with Crippen molar-refractivity contribution in [1.29, 1.82) is 0 Å². The number of carbonyl (C=O) groups excluding carboxylic acids is 1. The summed E-state index contributed by atoms with van der Waals surface area (Å²) in [4.78, 5) is 12.1. The Bertz CT molecular complexity index is 790. The average molecular weight is 340 g/mol. The molecule has 0 heterocycles. The lowest BCUT2D eigenvalue weighted by atomic mass is 9.87. The third-order valence-electron chi connectivity index (χ3n) is 4.53. The molecule has 0 amide bonds. The molecule has 0 fully saturated rings. The number of aromatic hydroxyl groups is 1. The molecule has 0 aliphatic carbocycles. The molecule has 0 saturated heterocycles. The topological polar surface area (TPSA) is 46.5 Å². The van der Waals surface area contributed by atoms with Crippen molar-refractivity contribution in [2.24, 2.45) is 0 Å². The second-order valence-corrected chi connectivity index (χ2v) is 6.97. The number of aryl methyl sites for hydroxylation is 4. The Morgan fingerprint density at radius 2 is 1.56 bits per heavy atom. The minimum atomic E-state index is -0.215. The standard InChI is InChI=1S/C22H28O3/c1-7-8-20(23)25-22-16(5)10-14(3)12-19(22)17(6)18-11-13(2)9-15(4)21(18)24/h9-12,17,24H,7-8H2,1-6H3. The largest absolute Gasteiger partial charge is 0.507 e. The Hall–Kier alpha value is -2.29. The molecular weight excluding hydrogens is 312 g/mol. The maximum atomic E-state index is 12.1. The minimum Gasteiger partial charge on any atom is -0.507 e. The molecule has 0 bridgehead atoms. The third kappa shape index (κ3) is 4.22. The summed E-state index contributed by atoms with van der Waals surface area (Å²) in [5.41, 5.74) is 5.80. The van der Waals surface area contributed by atoms with Crippen molar-refractivity contribution in [1.82, 2.24) is 0 Å². The fourth-order valence-electron chi connectivity index (χ4n) is 3.31. The molecule has 3 heteroatoms. The number of esters is 1. The monoisotopic (exact) mass is 340 g/mol. The van der Waals surface area contributed by atoms with Crippen molar-refractivity contribution in [3.8, 4) is 11.5 Å². The maximum absolute atomic E-state index is 12.1. The van der Waals surface area contributed by atoms with Crippen LogP contribution in [-0.2, 0) is 4.79 Å². The van der Waals surface area contributed by atoms with Crippen molar-refractivity contribution < 1.29 is 14.6 Å². The SMILES string of the molecule is CCCC(=O)Oc1c(C)cc(C)cc1C(C)c1cc(C)cc(C)c1O. The number of carbonyl (C=O) groups is 1. The van der Waals surface area contributed by atoms with E-state index < -0.39 is 0 Å². The van der Waals surface area contributed by atoms with Crippen molar-refractivity contribution in [2.75, 3.05) is 0 Å². The molecule has 3 nitrogen and oxygen atoms in total. The van der Waals surface area contributed by atoms with E-state index in [1.165, 1.54) is 0 Å². The highest BCUT2D eigenvalue weighted by Crippen LogP contribution is 2.39. The molecule has 0 spiro atoms. The molecule has 0 aliphatic heterocycles. The minimum absolute atomic E-state index is 0.0818. The van der Waals surface area contributed by atoms with Crippen LogP contribution >= 0.6 is 0 Å². The highest BCUT2D eigenvalue weighted by Gasteiger charge is 2.21. The highest BCUT2D eigenvalue weighted by molar-refractivity contribution is 5.73. The molecule has 2 aromatic carbocycles. The molecule has 0 aromatic heterocycles. The Kier molecular flexibility index (Phi) is 5.89. The first-order chi connectivity index (χ1) is 11.7. The molecule has 0 radical (unpaired) electrons. The first-order valence-corrected chi connectivity index (χ1v) is 8.86. The second kappa shape index (κ2) is 7.73. The van der Waals surface area contributed by atoms with Gasteiger partial charge in [-0.1, -0.05) is 49.2 Å². The van der Waals surface area contributed by atoms with E-state index in [9.17, 15) is 9.90 Å². The predicted octanol–water partition coefficient (Wildman–Crippen LogP) is 5.48. The van der Waals surface area contributed by atoms with E-state index in [1.54, 1.807) is 0 Å². The van der Waals surface area contributed by atoms with Crippen molar-refractivity contribution in [3.63, 3.8) is 0 Å². The maximum Gasteiger partial charge on any atom is 0.311 e. The number of phenolic OH excluding ortho intramolecular Hbond substituents is 1. The lowest BCUT2D eigenvalue weighted by molar-refractivity contribution is -0.134. The van der Waals surface area contributed by atoms with Crippen LogP contribution in [0.4, 0.5) is 0 Å². The van der Waals surface area contributed by atoms with Gasteiger partial charge in [0, 0.05) is 23.5 Å². The van der Waals surface area contributed by atoms with E-state index in [0.29, 0.717) is 17.9 Å². The van der Waals surface area contributed by atoms with E-state index in [4.69, 9.17) is 4.74 Å². The molecule has 2 aromatic rings. The van der Waals surface area contributed by atoms with Gasteiger partial charge >= 0.3 is 5.97 Å². The molecule has 25 heavy (non-hydrogen) atoms. The molecular formula is C22H28O3. The number of rotatable bonds is 5. The molecule has 0 aliphatic rings. The van der Waals surface area contributed by atoms with Gasteiger partial charge in [-0.3, -0.25) is 4.79 Å². The lowest BCUT2D eigenvalue weighted by Crippen LogP contribution is -2.11. The highest BCUT2D eigenvalue weighted by atomic mass is 16.5. The summed E-state index contributed by atoms with van der Waals surface area (Å²) in [5, 5.41) is 10.5. The second-order valence-electron chi connectivity index (χ2n) is 6.97. The van der Waals surface area contributed by atoms with E-state index in [0.717, 1.165) is 39.8 Å². The first-order valence-electron chi connectivity index (χ1n) is 8.86. The van der Waals surface area contributed by atoms with Crippen LogP contribution in [0.2, 0.25) is 0 Å². The summed E-state index contributed by atoms with van der Waals surface area (Å²) in [6, 6.07) is 8.03. The Morgan fingerprint density at radius 1 is 1.00 bits per heavy atom. The summed E-state index contributed by atoms with van der Waals surface area (Å²) >= 11 is 0. The van der Waals surface area contributed by atoms with Gasteiger partial charge in [0.05, 0.1) is 0 Å². The van der Waals surface area contributed by atoms with Crippen LogP contribution < -0.4 is 4.74 Å². The van der Waals surface area contributed by atoms with Crippen LogP contribution in [0.5, 0.6) is 11.5 Å². The number of phenols is 1. The van der Waals surface area contributed by atoms with E-state index in [-0.39, 0.29) is 11.9 Å². The summed E-state index contributed by atoms with van der Waals surface area (Å²) in [6.07, 6.45) is 1.16. The lowest BCUT2D eigenvalue weighted by Gasteiger charge is -2.21. The van der Waals surface area contributed by atoms with Crippen molar-refractivity contribution in [2.45, 2.75) is 60.3 Å². The Balaban J connectivity index is 2.56. The fourth-order valence-corrected chi connectivity index (χ4v) is 3.31. The van der Waals surface area contributed by atoms with E-state index in [1.807, 2.05) is 65.8 Å². The van der Waals surface area contributed by atoms with Crippen LogP contribution in [0.3, 0.4) is 0 Å². The third-order valence-corrected chi connectivity index (χ3v) is 4.53. The number of hydrogen-bond donors (Lipinski definition) is 1. The average Bonchev–Trinajstić information content (AvgIpc) is 2.52. The number of hydrogen-bond acceptors (Lipinski definition) is 3. The van der Waals surface area contributed by atoms with E-state index >= 15 is 0 Å². The first kappa shape index (κ1) is 19.0. The zero-order valence-electron chi connectivity index (χ0n) is 16.1. The summed E-state index contributed by atoms with van der Waals surface area (Å²) in [5.74, 6) is 0.632. The smallest absolute Gasteiger partial charge is 0.311 e. The van der Waals surface area contributed by atoms with Crippen LogP contribution in [0.1, 0.15) is 66.0 Å². The van der Waals surface area contributed by atoms with Crippen LogP contribution in [0.15, 0.2) is 24.3 Å². The van der Waals surface area contributed by atoms with Crippen LogP contribution in [-0.4, -0.2) is 11.1 Å². The van der Waals surface area contributed by atoms with Gasteiger partial charge in [-0.15, -0.1) is 0 Å². The van der Waals surface area contributed by atoms with Gasteiger partial charge in [-0.2, -0.15) is 0 Å². The van der Waals surface area contributed by atoms with Gasteiger partial charge in [0.2, 0.25) is 0 Å². The number of ether oxygens (including phenoxy) is 1. The summed E-state index contributed by atoms with van der Waals surface area (Å²) in [6.45, 7) is 11.9. The normalized spacial score (nSPS) is 12.1. The fraction of sp³-hybridized carbons (Fsp3) is 0.409. The van der Waals surface area contributed by atoms with Gasteiger partial charge < -0.3 is 9.84 Å². The van der Waals surface area contributed by atoms with Gasteiger partial charge in [0.15, 0.2) is 0 Å². The number of benzene rings is 2. The molecule has 1 atom stereocenters. The molecule has 1 N–H and O–H groups in total. The van der Waals surface area contributed by atoms with Crippen LogP contribution in [0, 0.1) is 27.7 Å². The molecule has 0 saturated carbocycles. The Labute approximate surface area is 150 Å². The zero-order chi connectivity index (χ0) is 18.7. The van der Waals surface area contributed by atoms with E-state index in [2.05, 4.69) is 0 Å². The van der Waals surface area contributed by atoms with Gasteiger partial charge in [0.1, 0.15) is 11.5 Å². The van der Waals surface area contributed by atoms with Gasteiger partial charge in [0.25, 0.3) is 0 Å². The molecule has 134 valence electrons. The van der Waals surface area contributed by atoms with Crippen molar-refractivity contribution in [3.05, 3.63) is 57.6 Å². The molecule has 1 unspecified atom stereocenters. The predicted molar refractivity (Wildman–Crippen MR) is 102 cm³/mol. The van der Waals surface area contributed by atoms with Gasteiger partial charge in [-0.25, -0.2) is 0 Å². The van der Waals surface area contributed by atoms with Gasteiger partial charge in [-0.05, 0) is 45.2 Å². The quantitative estimate of drug-likeness (QED) is 0.579. The Morgan fingerprint density at radius 3 is 2.16 bits per heavy atom. The molecule has 2 rings (SSSR count).